The van der Waals surface area contributed by atoms with Crippen LogP contribution in [-0.2, 0) is 14.1 Å². The Labute approximate surface area is 113 Å². The Kier molecular flexibility index (Phi) is 2.75. The van der Waals surface area contributed by atoms with Crippen molar-refractivity contribution >= 4 is 16.7 Å². The largest absolute Gasteiger partial charge is 0.388 e. The predicted octanol–water partition coefficient (Wildman–Crippen LogP) is 2.71. The van der Waals surface area contributed by atoms with Crippen LogP contribution >= 0.6 is 0 Å². The summed E-state index contributed by atoms with van der Waals surface area (Å²) < 4.78 is 4.48. The number of nitrogens with one attached hydrogen (secondary N) is 1. The van der Waals surface area contributed by atoms with Crippen molar-refractivity contribution in [3.05, 3.63) is 48.5 Å². The Bertz CT molecular complexity index is 685. The normalized spacial score (nSPS) is 10.9. The summed E-state index contributed by atoms with van der Waals surface area (Å²) in [5.74, 6) is 1.21. The fourth-order valence-electron chi connectivity index (χ4n) is 2.66. The number of hydrogen-bond acceptors (Lipinski definition) is 1. The number of nitrogens with zero attached hydrogens (tertiary/aromatic N) is 2. The van der Waals surface area contributed by atoms with Crippen molar-refractivity contribution in [3.8, 4) is 11.4 Å². The van der Waals surface area contributed by atoms with Crippen LogP contribution in [0.25, 0.3) is 22.4 Å². The number of aromatic nitrogens is 2. The molecule has 0 unspecified atom stereocenters. The van der Waals surface area contributed by atoms with Gasteiger partial charge in [-0.25, -0.2) is 9.13 Å². The van der Waals surface area contributed by atoms with Gasteiger partial charge >= 0.3 is 0 Å². The maximum absolute atomic E-state index is 3.15. The zero-order valence-electron chi connectivity index (χ0n) is 11.5. The monoisotopic (exact) mass is 252 g/mol. The summed E-state index contributed by atoms with van der Waals surface area (Å²) in [4.78, 5) is 0. The van der Waals surface area contributed by atoms with Gasteiger partial charge in [0.25, 0.3) is 5.82 Å². The molecule has 1 heterocycles. The van der Waals surface area contributed by atoms with Crippen LogP contribution in [0.4, 0.5) is 5.69 Å². The van der Waals surface area contributed by atoms with E-state index >= 15 is 0 Å². The first-order valence-corrected chi connectivity index (χ1v) is 6.44. The summed E-state index contributed by atoms with van der Waals surface area (Å²) in [5.41, 5.74) is 4.85. The molecule has 2 aromatic carbocycles. The summed E-state index contributed by atoms with van der Waals surface area (Å²) in [6.45, 7) is 0. The number of imidazole rings is 1. The highest BCUT2D eigenvalue weighted by molar-refractivity contribution is 5.76. The molecule has 0 spiro atoms. The number of para-hydroxylation sites is 2. The molecule has 1 N–H and O–H groups in total. The lowest BCUT2D eigenvalue weighted by Gasteiger charge is -2.02. The van der Waals surface area contributed by atoms with Crippen LogP contribution in [0.3, 0.4) is 0 Å². The first-order chi connectivity index (χ1) is 9.22. The molecule has 0 fully saturated rings. The van der Waals surface area contributed by atoms with Crippen LogP contribution in [0.5, 0.6) is 0 Å². The minimum absolute atomic E-state index is 1.13. The molecule has 0 aliphatic rings. The Hall–Kier alpha value is -2.29. The third kappa shape index (κ3) is 1.78. The average Bonchev–Trinajstić information content (AvgIpc) is 2.72. The van der Waals surface area contributed by atoms with Crippen LogP contribution in [0, 0.1) is 0 Å². The topological polar surface area (TPSA) is 20.8 Å². The highest BCUT2D eigenvalue weighted by Gasteiger charge is 2.20. The molecule has 0 atom stereocenters. The zero-order chi connectivity index (χ0) is 13.4. The van der Waals surface area contributed by atoms with E-state index in [1.165, 1.54) is 22.4 Å². The average molecular weight is 252 g/mol. The molecule has 0 amide bonds. The molecule has 3 rings (SSSR count). The van der Waals surface area contributed by atoms with Gasteiger partial charge in [-0.3, -0.25) is 0 Å². The quantitative estimate of drug-likeness (QED) is 0.696. The number of fused-ring (bicyclic) bond motifs is 1. The molecule has 3 aromatic rings. The maximum Gasteiger partial charge on any atom is 0.289 e. The van der Waals surface area contributed by atoms with Crippen molar-refractivity contribution in [1.29, 1.82) is 0 Å². The third-order valence-electron chi connectivity index (χ3n) is 3.67. The van der Waals surface area contributed by atoms with Crippen molar-refractivity contribution in [1.82, 2.24) is 4.57 Å². The number of rotatable bonds is 2. The molecule has 0 radical (unpaired) electrons. The van der Waals surface area contributed by atoms with Gasteiger partial charge in [0.1, 0.15) is 0 Å². The predicted molar refractivity (Wildman–Crippen MR) is 79.1 cm³/mol. The third-order valence-corrected chi connectivity index (χ3v) is 3.67. The van der Waals surface area contributed by atoms with E-state index in [-0.39, 0.29) is 0 Å². The van der Waals surface area contributed by atoms with Crippen molar-refractivity contribution in [2.24, 2.45) is 14.1 Å². The molecule has 0 saturated heterocycles. The van der Waals surface area contributed by atoms with Gasteiger partial charge in [0, 0.05) is 12.7 Å². The molecule has 3 heteroatoms. The molecule has 1 aromatic heterocycles. The van der Waals surface area contributed by atoms with E-state index < -0.39 is 0 Å². The van der Waals surface area contributed by atoms with Crippen LogP contribution in [-0.4, -0.2) is 11.6 Å². The van der Waals surface area contributed by atoms with Gasteiger partial charge in [-0.05, 0) is 36.4 Å². The van der Waals surface area contributed by atoms with Gasteiger partial charge in [0.2, 0.25) is 0 Å². The molecule has 3 nitrogen and oxygen atoms in total. The van der Waals surface area contributed by atoms with E-state index in [0.29, 0.717) is 0 Å². The van der Waals surface area contributed by atoms with Crippen molar-refractivity contribution < 1.29 is 4.57 Å². The van der Waals surface area contributed by atoms with Crippen LogP contribution < -0.4 is 9.88 Å². The van der Waals surface area contributed by atoms with E-state index in [1.807, 2.05) is 7.05 Å². The second-order valence-corrected chi connectivity index (χ2v) is 4.76. The zero-order valence-corrected chi connectivity index (χ0v) is 11.5. The highest BCUT2D eigenvalue weighted by Crippen LogP contribution is 2.22. The number of benzene rings is 2. The molecule has 0 bridgehead atoms. The molecule has 19 heavy (non-hydrogen) atoms. The summed E-state index contributed by atoms with van der Waals surface area (Å²) in [7, 11) is 6.17. The lowest BCUT2D eigenvalue weighted by atomic mass is 10.2. The van der Waals surface area contributed by atoms with Gasteiger partial charge in [0.05, 0.1) is 19.7 Å². The Morgan fingerprint density at radius 2 is 1.68 bits per heavy atom. The fraction of sp³-hybridized carbons (Fsp3) is 0.188. The molecular formula is C16H18N3+. The van der Waals surface area contributed by atoms with Gasteiger partial charge in [-0.1, -0.05) is 12.1 Å². The smallest absolute Gasteiger partial charge is 0.289 e. The summed E-state index contributed by atoms with van der Waals surface area (Å²) in [5, 5.41) is 3.15. The lowest BCUT2D eigenvalue weighted by Crippen LogP contribution is -2.29. The first kappa shape index (κ1) is 11.8. The van der Waals surface area contributed by atoms with Gasteiger partial charge < -0.3 is 5.32 Å². The minimum atomic E-state index is 1.13. The van der Waals surface area contributed by atoms with Crippen molar-refractivity contribution in [3.63, 3.8) is 0 Å². The first-order valence-electron chi connectivity index (χ1n) is 6.44. The molecule has 0 saturated carbocycles. The van der Waals surface area contributed by atoms with Crippen molar-refractivity contribution in [2.45, 2.75) is 0 Å². The molecule has 0 aliphatic heterocycles. The van der Waals surface area contributed by atoms with Gasteiger partial charge in [0.15, 0.2) is 11.0 Å². The van der Waals surface area contributed by atoms with E-state index in [0.717, 1.165) is 5.69 Å². The maximum atomic E-state index is 3.15. The SMILES string of the molecule is CNc1ccc(-c2n(C)c3ccccc3[n+]2C)cc1. The van der Waals surface area contributed by atoms with Crippen LogP contribution in [0.2, 0.25) is 0 Å². The number of anilines is 1. The second kappa shape index (κ2) is 4.43. The molecule has 96 valence electrons. The molecule has 0 aliphatic carbocycles. The summed E-state index contributed by atoms with van der Waals surface area (Å²) >= 11 is 0. The van der Waals surface area contributed by atoms with E-state index in [9.17, 15) is 0 Å². The Balaban J connectivity index is 2.24. The van der Waals surface area contributed by atoms with E-state index in [1.54, 1.807) is 0 Å². The Morgan fingerprint density at radius 1 is 1.00 bits per heavy atom. The standard InChI is InChI=1S/C16H17N3/c1-17-13-10-8-12(9-11-13)16-18(2)14-6-4-5-7-15(14)19(16)3/h4-11H,1-3H3/p+1. The Morgan fingerprint density at radius 3 is 2.32 bits per heavy atom. The second-order valence-electron chi connectivity index (χ2n) is 4.76. The van der Waals surface area contributed by atoms with Crippen LogP contribution in [0.1, 0.15) is 0 Å². The summed E-state index contributed by atoms with van der Waals surface area (Å²) in [6.07, 6.45) is 0. The van der Waals surface area contributed by atoms with E-state index in [2.05, 4.69) is 77.1 Å². The number of hydrogen-bond donors (Lipinski definition) is 1. The van der Waals surface area contributed by atoms with Crippen LogP contribution in [0.15, 0.2) is 48.5 Å². The minimum Gasteiger partial charge on any atom is -0.388 e. The van der Waals surface area contributed by atoms with E-state index in [4.69, 9.17) is 0 Å². The molecular weight excluding hydrogens is 234 g/mol. The highest BCUT2D eigenvalue weighted by atomic mass is 15.1. The van der Waals surface area contributed by atoms with Gasteiger partial charge in [-0.15, -0.1) is 0 Å². The van der Waals surface area contributed by atoms with Crippen molar-refractivity contribution in [2.75, 3.05) is 12.4 Å². The number of aryl methyl sites for hydroxylation is 2. The fourth-order valence-corrected chi connectivity index (χ4v) is 2.66. The lowest BCUT2D eigenvalue weighted by molar-refractivity contribution is -0.634. The summed E-state index contributed by atoms with van der Waals surface area (Å²) in [6, 6.07) is 17.0. The van der Waals surface area contributed by atoms with Gasteiger partial charge in [-0.2, -0.15) is 0 Å².